The van der Waals surface area contributed by atoms with E-state index in [-0.39, 0.29) is 5.56 Å². The summed E-state index contributed by atoms with van der Waals surface area (Å²) in [7, 11) is 0. The summed E-state index contributed by atoms with van der Waals surface area (Å²) in [6, 6.07) is 0. The summed E-state index contributed by atoms with van der Waals surface area (Å²) in [5.74, 6) is 0. The smallest absolute Gasteiger partial charge is 0.248 e. The van der Waals surface area contributed by atoms with Crippen molar-refractivity contribution in [2.75, 3.05) is 0 Å². The number of hydrogen-bond acceptors (Lipinski definition) is 1. The highest BCUT2D eigenvalue weighted by atomic mass is 127. The molecule has 0 N–H and O–H groups in total. The normalized spacial score (nSPS) is 10.8. The summed E-state index contributed by atoms with van der Waals surface area (Å²) < 4.78 is 25.4. The van der Waals surface area contributed by atoms with Gasteiger partial charge in [-0.1, -0.05) is 11.6 Å². The van der Waals surface area contributed by atoms with Gasteiger partial charge in [0.25, 0.3) is 6.43 Å². The zero-order valence-corrected chi connectivity index (χ0v) is 10.6. The molecule has 0 unspecified atom stereocenters. The largest absolute Gasteiger partial charge is 0.266 e. The molecule has 1 heterocycles. The number of pyridine rings is 1. The Morgan fingerprint density at radius 2 is 2.00 bits per heavy atom. The first-order valence-corrected chi connectivity index (χ1v) is 5.35. The fourth-order valence-corrected chi connectivity index (χ4v) is 2.32. The first-order chi connectivity index (χ1) is 5.54. The summed E-state index contributed by atoms with van der Waals surface area (Å²) in [5.41, 5.74) is -0.110. The lowest BCUT2D eigenvalue weighted by Crippen LogP contribution is -1.94. The molecule has 0 fully saturated rings. The van der Waals surface area contributed by atoms with Crippen molar-refractivity contribution in [1.29, 1.82) is 0 Å². The van der Waals surface area contributed by atoms with Gasteiger partial charge in [-0.15, -0.1) is 0 Å². The molecule has 0 aromatic carbocycles. The molecule has 0 amide bonds. The second-order valence-electron chi connectivity index (χ2n) is 1.93. The predicted octanol–water partition coefficient (Wildman–Crippen LogP) is 3.88. The van der Waals surface area contributed by atoms with Crippen molar-refractivity contribution in [3.8, 4) is 0 Å². The van der Waals surface area contributed by atoms with Crippen LogP contribution in [0.5, 0.6) is 0 Å². The minimum atomic E-state index is -2.51. The quantitative estimate of drug-likeness (QED) is 0.501. The van der Waals surface area contributed by atoms with Gasteiger partial charge in [0.2, 0.25) is 0 Å². The molecule has 1 nitrogen and oxygen atoms in total. The second kappa shape index (κ2) is 4.32. The average Bonchev–Trinajstić information content (AvgIpc) is 2.00. The van der Waals surface area contributed by atoms with Crippen LogP contribution in [0.15, 0.2) is 6.20 Å². The second-order valence-corrected chi connectivity index (χ2v) is 4.41. The fraction of sp³-hybridized carbons (Fsp3) is 0.167. The minimum absolute atomic E-state index is 0.110. The standard InChI is InChI=1S/C6H2ClF2I2N/c7-3-4(10)2(5(8)9)1-12-6(3)11/h1,5H. The monoisotopic (exact) mass is 415 g/mol. The van der Waals surface area contributed by atoms with Crippen LogP contribution in [0.3, 0.4) is 0 Å². The van der Waals surface area contributed by atoms with Crippen LogP contribution in [-0.4, -0.2) is 4.98 Å². The topological polar surface area (TPSA) is 12.9 Å². The molecule has 12 heavy (non-hydrogen) atoms. The summed E-state index contributed by atoms with van der Waals surface area (Å²) in [5, 5.41) is 0.300. The van der Waals surface area contributed by atoms with E-state index in [4.69, 9.17) is 11.6 Å². The number of alkyl halides is 2. The van der Waals surface area contributed by atoms with Gasteiger partial charge in [0.1, 0.15) is 3.70 Å². The van der Waals surface area contributed by atoms with E-state index in [1.807, 2.05) is 22.6 Å². The number of rotatable bonds is 1. The van der Waals surface area contributed by atoms with E-state index in [1.165, 1.54) is 0 Å². The minimum Gasteiger partial charge on any atom is -0.248 e. The Bertz CT molecular complexity index is 306. The van der Waals surface area contributed by atoms with Crippen LogP contribution in [0.2, 0.25) is 5.02 Å². The Hall–Kier alpha value is 0.760. The van der Waals surface area contributed by atoms with Crippen LogP contribution in [0.4, 0.5) is 8.78 Å². The van der Waals surface area contributed by atoms with Gasteiger partial charge in [-0.25, -0.2) is 13.8 Å². The Labute approximate surface area is 100 Å². The fourth-order valence-electron chi connectivity index (χ4n) is 0.609. The first-order valence-electron chi connectivity index (χ1n) is 2.81. The molecule has 1 rings (SSSR count). The third-order valence-electron chi connectivity index (χ3n) is 1.18. The van der Waals surface area contributed by atoms with E-state index in [0.29, 0.717) is 12.3 Å². The Morgan fingerprint density at radius 1 is 1.42 bits per heavy atom. The van der Waals surface area contributed by atoms with Gasteiger partial charge in [-0.3, -0.25) is 0 Å². The molecule has 1 aromatic rings. The molecular weight excluding hydrogens is 413 g/mol. The molecule has 0 radical (unpaired) electrons. The van der Waals surface area contributed by atoms with Gasteiger partial charge >= 0.3 is 0 Å². The van der Waals surface area contributed by atoms with Crippen molar-refractivity contribution in [2.24, 2.45) is 0 Å². The summed E-state index contributed by atoms with van der Waals surface area (Å²) >= 11 is 9.40. The zero-order valence-electron chi connectivity index (χ0n) is 5.49. The summed E-state index contributed by atoms with van der Waals surface area (Å²) in [6.07, 6.45) is -1.36. The van der Waals surface area contributed by atoms with E-state index >= 15 is 0 Å². The van der Waals surface area contributed by atoms with Crippen molar-refractivity contribution in [1.82, 2.24) is 4.98 Å². The number of nitrogens with zero attached hydrogens (tertiary/aromatic N) is 1. The van der Waals surface area contributed by atoms with E-state index < -0.39 is 6.43 Å². The summed E-state index contributed by atoms with van der Waals surface area (Å²) in [4.78, 5) is 3.73. The van der Waals surface area contributed by atoms with Crippen LogP contribution < -0.4 is 0 Å². The highest BCUT2D eigenvalue weighted by Gasteiger charge is 2.16. The maximum Gasteiger partial charge on any atom is 0.266 e. The van der Waals surface area contributed by atoms with Crippen molar-refractivity contribution in [3.63, 3.8) is 0 Å². The molecule has 6 heteroatoms. The molecule has 66 valence electrons. The van der Waals surface area contributed by atoms with Crippen LogP contribution in [0, 0.1) is 7.27 Å². The number of halogens is 5. The molecule has 0 atom stereocenters. The lowest BCUT2D eigenvalue weighted by atomic mass is 10.3. The molecule has 0 aliphatic carbocycles. The molecule has 0 aliphatic rings. The Balaban J connectivity index is 3.27. The molecule has 0 saturated heterocycles. The van der Waals surface area contributed by atoms with E-state index in [9.17, 15) is 8.78 Å². The van der Waals surface area contributed by atoms with Gasteiger partial charge in [0.05, 0.1) is 10.6 Å². The third kappa shape index (κ3) is 2.16. The van der Waals surface area contributed by atoms with Gasteiger partial charge in [0, 0.05) is 9.77 Å². The lowest BCUT2D eigenvalue weighted by Gasteiger charge is -2.04. The van der Waals surface area contributed by atoms with Crippen LogP contribution in [-0.2, 0) is 0 Å². The number of hydrogen-bond donors (Lipinski definition) is 0. The molecular formula is C6H2ClF2I2N. The van der Waals surface area contributed by atoms with E-state index in [0.717, 1.165) is 6.20 Å². The molecule has 0 spiro atoms. The van der Waals surface area contributed by atoms with Crippen molar-refractivity contribution in [3.05, 3.63) is 24.1 Å². The van der Waals surface area contributed by atoms with E-state index in [2.05, 4.69) is 4.98 Å². The van der Waals surface area contributed by atoms with Gasteiger partial charge in [-0.2, -0.15) is 0 Å². The van der Waals surface area contributed by atoms with Gasteiger partial charge in [-0.05, 0) is 45.2 Å². The van der Waals surface area contributed by atoms with Crippen LogP contribution >= 0.6 is 56.8 Å². The average molecular weight is 415 g/mol. The van der Waals surface area contributed by atoms with Gasteiger partial charge < -0.3 is 0 Å². The Morgan fingerprint density at radius 3 is 2.50 bits per heavy atom. The van der Waals surface area contributed by atoms with Crippen molar-refractivity contribution >= 4 is 56.8 Å². The highest BCUT2D eigenvalue weighted by molar-refractivity contribution is 14.1. The highest BCUT2D eigenvalue weighted by Crippen LogP contribution is 2.30. The lowest BCUT2D eigenvalue weighted by molar-refractivity contribution is 0.150. The predicted molar refractivity (Wildman–Crippen MR) is 59.6 cm³/mol. The first kappa shape index (κ1) is 10.8. The van der Waals surface area contributed by atoms with Crippen LogP contribution in [0.1, 0.15) is 12.0 Å². The van der Waals surface area contributed by atoms with Crippen LogP contribution in [0.25, 0.3) is 0 Å². The van der Waals surface area contributed by atoms with Crippen molar-refractivity contribution in [2.45, 2.75) is 6.43 Å². The maximum absolute atomic E-state index is 12.2. The summed E-state index contributed by atoms with van der Waals surface area (Å²) in [6.45, 7) is 0. The number of aromatic nitrogens is 1. The SMILES string of the molecule is FC(F)c1cnc(I)c(Cl)c1I. The Kier molecular flexibility index (Phi) is 3.90. The van der Waals surface area contributed by atoms with E-state index in [1.54, 1.807) is 22.6 Å². The molecule has 0 bridgehead atoms. The molecule has 0 aliphatic heterocycles. The molecule has 1 aromatic heterocycles. The molecule has 0 saturated carbocycles. The zero-order chi connectivity index (χ0) is 9.30. The third-order valence-corrected chi connectivity index (χ3v) is 4.17. The maximum atomic E-state index is 12.2. The van der Waals surface area contributed by atoms with Crippen molar-refractivity contribution < 1.29 is 8.78 Å². The van der Waals surface area contributed by atoms with Gasteiger partial charge in [0.15, 0.2) is 0 Å².